The molecule has 0 saturated carbocycles. The van der Waals surface area contributed by atoms with Crippen LogP contribution in [0.2, 0.25) is 0 Å². The van der Waals surface area contributed by atoms with Crippen LogP contribution >= 0.6 is 0 Å². The predicted octanol–water partition coefficient (Wildman–Crippen LogP) is 2.22. The van der Waals surface area contributed by atoms with Crippen molar-refractivity contribution in [2.75, 3.05) is 39.5 Å². The fraction of sp³-hybridized carbons (Fsp3) is 1.00. The lowest BCUT2D eigenvalue weighted by atomic mass is 10.1. The number of hydrogen-bond donors (Lipinski definition) is 0. The Labute approximate surface area is 122 Å². The summed E-state index contributed by atoms with van der Waals surface area (Å²) in [5, 5.41) is 0. The minimum atomic E-state index is 0.423. The third-order valence-corrected chi connectivity index (χ3v) is 4.71. The number of hydrogen-bond acceptors (Lipinski definition) is 4. The van der Waals surface area contributed by atoms with E-state index in [0.29, 0.717) is 18.3 Å². The Morgan fingerprint density at radius 3 is 1.45 bits per heavy atom. The van der Waals surface area contributed by atoms with E-state index in [1.54, 1.807) is 0 Å². The molecule has 0 amide bonds. The highest BCUT2D eigenvalue weighted by atomic mass is 16.5. The van der Waals surface area contributed by atoms with Gasteiger partial charge in [-0.2, -0.15) is 0 Å². The van der Waals surface area contributed by atoms with Crippen LogP contribution in [-0.4, -0.2) is 62.7 Å². The van der Waals surface area contributed by atoms with Gasteiger partial charge in [0.2, 0.25) is 0 Å². The zero-order chi connectivity index (χ0) is 13.6. The molecule has 3 saturated heterocycles. The van der Waals surface area contributed by atoms with Gasteiger partial charge in [-0.15, -0.1) is 0 Å². The third-order valence-electron chi connectivity index (χ3n) is 4.71. The molecule has 0 aromatic heterocycles. The van der Waals surface area contributed by atoms with Crippen LogP contribution in [0, 0.1) is 0 Å². The highest BCUT2D eigenvalue weighted by molar-refractivity contribution is 4.78. The lowest BCUT2D eigenvalue weighted by Gasteiger charge is -2.32. The molecule has 0 aromatic carbocycles. The van der Waals surface area contributed by atoms with E-state index in [1.165, 1.54) is 44.9 Å². The summed E-state index contributed by atoms with van der Waals surface area (Å²) in [6.45, 7) is 5.99. The van der Waals surface area contributed by atoms with Gasteiger partial charge < -0.3 is 14.2 Å². The molecule has 3 fully saturated rings. The molecule has 3 atom stereocenters. The van der Waals surface area contributed by atoms with Crippen molar-refractivity contribution < 1.29 is 14.2 Å². The molecule has 0 N–H and O–H groups in total. The van der Waals surface area contributed by atoms with Crippen LogP contribution in [0.3, 0.4) is 0 Å². The van der Waals surface area contributed by atoms with Gasteiger partial charge in [-0.25, -0.2) is 0 Å². The topological polar surface area (TPSA) is 30.9 Å². The zero-order valence-corrected chi connectivity index (χ0v) is 12.6. The Hall–Kier alpha value is -0.160. The van der Waals surface area contributed by atoms with Crippen LogP contribution in [-0.2, 0) is 14.2 Å². The minimum absolute atomic E-state index is 0.423. The molecule has 3 unspecified atom stereocenters. The average Bonchev–Trinajstić information content (AvgIpc) is 3.13. The van der Waals surface area contributed by atoms with Crippen molar-refractivity contribution >= 4 is 0 Å². The van der Waals surface area contributed by atoms with Crippen LogP contribution in [0.5, 0.6) is 0 Å². The first-order valence-electron chi connectivity index (χ1n) is 8.47. The van der Waals surface area contributed by atoms with Crippen molar-refractivity contribution in [2.45, 2.75) is 63.3 Å². The SMILES string of the molecule is C1CCC(CN(CC2CCCO2)CC2CCCO2)OC1. The van der Waals surface area contributed by atoms with Crippen molar-refractivity contribution in [3.8, 4) is 0 Å². The van der Waals surface area contributed by atoms with E-state index in [2.05, 4.69) is 4.90 Å². The molecule has 0 bridgehead atoms. The Kier molecular flexibility index (Phi) is 5.71. The standard InChI is InChI=1S/C16H29NO3/c1-2-8-18-14(5-1)11-17(12-15-6-3-9-19-15)13-16-7-4-10-20-16/h14-16H,1-13H2. The molecule has 3 aliphatic rings. The summed E-state index contributed by atoms with van der Waals surface area (Å²) in [7, 11) is 0. The lowest BCUT2D eigenvalue weighted by Crippen LogP contribution is -2.43. The highest BCUT2D eigenvalue weighted by Crippen LogP contribution is 2.20. The fourth-order valence-corrected chi connectivity index (χ4v) is 3.62. The first-order chi connectivity index (χ1) is 9.90. The van der Waals surface area contributed by atoms with Gasteiger partial charge in [-0.05, 0) is 44.9 Å². The minimum Gasteiger partial charge on any atom is -0.377 e. The molecule has 0 spiro atoms. The summed E-state index contributed by atoms with van der Waals surface area (Å²) in [5.74, 6) is 0. The van der Waals surface area contributed by atoms with Gasteiger partial charge in [0.15, 0.2) is 0 Å². The molecular formula is C16H29NO3. The van der Waals surface area contributed by atoms with Crippen molar-refractivity contribution in [3.63, 3.8) is 0 Å². The first-order valence-corrected chi connectivity index (χ1v) is 8.47. The second kappa shape index (κ2) is 7.74. The average molecular weight is 283 g/mol. The maximum atomic E-state index is 5.91. The second-order valence-electron chi connectivity index (χ2n) is 6.48. The van der Waals surface area contributed by atoms with Crippen LogP contribution in [0.25, 0.3) is 0 Å². The van der Waals surface area contributed by atoms with E-state index < -0.39 is 0 Å². The summed E-state index contributed by atoms with van der Waals surface area (Å²) in [4.78, 5) is 2.54. The molecule has 0 radical (unpaired) electrons. The largest absolute Gasteiger partial charge is 0.377 e. The Morgan fingerprint density at radius 1 is 0.600 bits per heavy atom. The van der Waals surface area contributed by atoms with Gasteiger partial charge in [0.1, 0.15) is 0 Å². The van der Waals surface area contributed by atoms with Gasteiger partial charge in [0.05, 0.1) is 18.3 Å². The van der Waals surface area contributed by atoms with Crippen molar-refractivity contribution in [2.24, 2.45) is 0 Å². The van der Waals surface area contributed by atoms with E-state index in [-0.39, 0.29) is 0 Å². The molecule has 0 aromatic rings. The van der Waals surface area contributed by atoms with Gasteiger partial charge in [-0.1, -0.05) is 0 Å². The predicted molar refractivity (Wildman–Crippen MR) is 78.0 cm³/mol. The van der Waals surface area contributed by atoms with Gasteiger partial charge in [0, 0.05) is 39.5 Å². The molecule has 0 aliphatic carbocycles. The fourth-order valence-electron chi connectivity index (χ4n) is 3.62. The molecule has 3 heterocycles. The lowest BCUT2D eigenvalue weighted by molar-refractivity contribution is -0.0271. The molecular weight excluding hydrogens is 254 g/mol. The summed E-state index contributed by atoms with van der Waals surface area (Å²) < 4.78 is 17.5. The summed E-state index contributed by atoms with van der Waals surface area (Å²) in [5.41, 5.74) is 0. The van der Waals surface area contributed by atoms with E-state index in [4.69, 9.17) is 14.2 Å². The maximum absolute atomic E-state index is 5.91. The van der Waals surface area contributed by atoms with E-state index in [9.17, 15) is 0 Å². The summed E-state index contributed by atoms with van der Waals surface area (Å²) in [6.07, 6.45) is 9.92. The highest BCUT2D eigenvalue weighted by Gasteiger charge is 2.26. The smallest absolute Gasteiger partial charge is 0.0702 e. The Balaban J connectivity index is 1.50. The third kappa shape index (κ3) is 4.42. The summed E-state index contributed by atoms with van der Waals surface area (Å²) in [6, 6.07) is 0. The van der Waals surface area contributed by atoms with E-state index in [0.717, 1.165) is 39.5 Å². The summed E-state index contributed by atoms with van der Waals surface area (Å²) >= 11 is 0. The number of ether oxygens (including phenoxy) is 3. The normalized spacial score (nSPS) is 35.0. The van der Waals surface area contributed by atoms with Crippen LogP contribution < -0.4 is 0 Å². The number of rotatable bonds is 6. The Morgan fingerprint density at radius 2 is 1.05 bits per heavy atom. The van der Waals surface area contributed by atoms with Crippen molar-refractivity contribution in [1.29, 1.82) is 0 Å². The Bertz CT molecular complexity index is 251. The van der Waals surface area contributed by atoms with Gasteiger partial charge in [0.25, 0.3) is 0 Å². The van der Waals surface area contributed by atoms with Crippen molar-refractivity contribution in [3.05, 3.63) is 0 Å². The van der Waals surface area contributed by atoms with Crippen molar-refractivity contribution in [1.82, 2.24) is 4.90 Å². The maximum Gasteiger partial charge on any atom is 0.0702 e. The van der Waals surface area contributed by atoms with E-state index in [1.807, 2.05) is 0 Å². The quantitative estimate of drug-likeness (QED) is 0.748. The molecule has 3 aliphatic heterocycles. The molecule has 3 rings (SSSR count). The zero-order valence-electron chi connectivity index (χ0n) is 12.6. The monoisotopic (exact) mass is 283 g/mol. The van der Waals surface area contributed by atoms with E-state index >= 15 is 0 Å². The van der Waals surface area contributed by atoms with Crippen LogP contribution in [0.1, 0.15) is 44.9 Å². The second-order valence-corrected chi connectivity index (χ2v) is 6.48. The number of nitrogens with zero attached hydrogens (tertiary/aromatic N) is 1. The molecule has 4 nitrogen and oxygen atoms in total. The van der Waals surface area contributed by atoms with Gasteiger partial charge >= 0.3 is 0 Å². The molecule has 20 heavy (non-hydrogen) atoms. The van der Waals surface area contributed by atoms with Crippen LogP contribution in [0.4, 0.5) is 0 Å². The van der Waals surface area contributed by atoms with Gasteiger partial charge in [-0.3, -0.25) is 4.90 Å². The molecule has 116 valence electrons. The van der Waals surface area contributed by atoms with Crippen LogP contribution in [0.15, 0.2) is 0 Å². The molecule has 4 heteroatoms. The first kappa shape index (κ1) is 14.8.